The van der Waals surface area contributed by atoms with E-state index in [-0.39, 0.29) is 5.82 Å². The van der Waals surface area contributed by atoms with Crippen molar-refractivity contribution in [3.05, 3.63) is 48.2 Å². The van der Waals surface area contributed by atoms with Gasteiger partial charge in [-0.25, -0.2) is 9.78 Å². The molecular formula is C22H27N5O3. The number of ether oxygens (including phenoxy) is 1. The van der Waals surface area contributed by atoms with Crippen molar-refractivity contribution >= 4 is 34.5 Å². The summed E-state index contributed by atoms with van der Waals surface area (Å²) in [5, 5.41) is 6.31. The summed E-state index contributed by atoms with van der Waals surface area (Å²) in [5.41, 5.74) is 8.28. The van der Waals surface area contributed by atoms with Gasteiger partial charge in [0, 0.05) is 23.7 Å². The van der Waals surface area contributed by atoms with Crippen LogP contribution in [0.5, 0.6) is 0 Å². The largest absolute Gasteiger partial charge is 0.444 e. The minimum atomic E-state index is -0.818. The molecule has 0 saturated carbocycles. The number of aryl methyl sites for hydroxylation is 1. The van der Waals surface area contributed by atoms with E-state index in [2.05, 4.69) is 15.6 Å². The van der Waals surface area contributed by atoms with Gasteiger partial charge in [0.15, 0.2) is 0 Å². The zero-order valence-corrected chi connectivity index (χ0v) is 17.8. The number of rotatable bonds is 4. The lowest BCUT2D eigenvalue weighted by molar-refractivity contribution is -0.117. The quantitative estimate of drug-likeness (QED) is 0.607. The standard InChI is InChI=1S/C22H27N5O3/c1-13-7-6-8-15-9-10-27(19(13)15)16-11-17(23)25-18(12-16)26-20(28)14(2)24-21(29)30-22(3,4)5/h6-12,14H,1-5H3,(H,24,29)(H3,23,25,26,28). The lowest BCUT2D eigenvalue weighted by atomic mass is 10.1. The van der Waals surface area contributed by atoms with Crippen molar-refractivity contribution < 1.29 is 14.3 Å². The zero-order chi connectivity index (χ0) is 22.1. The van der Waals surface area contributed by atoms with Gasteiger partial charge in [0.2, 0.25) is 5.91 Å². The van der Waals surface area contributed by atoms with Gasteiger partial charge < -0.3 is 25.7 Å². The molecule has 0 bridgehead atoms. The first-order valence-electron chi connectivity index (χ1n) is 9.68. The van der Waals surface area contributed by atoms with Crippen LogP contribution in [-0.4, -0.2) is 33.2 Å². The van der Waals surface area contributed by atoms with Gasteiger partial charge in [-0.15, -0.1) is 0 Å². The van der Waals surface area contributed by atoms with E-state index < -0.39 is 23.6 Å². The summed E-state index contributed by atoms with van der Waals surface area (Å²) in [7, 11) is 0. The summed E-state index contributed by atoms with van der Waals surface area (Å²) < 4.78 is 7.18. The maximum atomic E-state index is 12.5. The third kappa shape index (κ3) is 4.89. The van der Waals surface area contributed by atoms with E-state index in [0.29, 0.717) is 5.82 Å². The Balaban J connectivity index is 1.80. The Morgan fingerprint density at radius 3 is 2.63 bits per heavy atom. The Morgan fingerprint density at radius 2 is 1.93 bits per heavy atom. The van der Waals surface area contributed by atoms with Crippen LogP contribution in [-0.2, 0) is 9.53 Å². The van der Waals surface area contributed by atoms with Crippen molar-refractivity contribution in [3.8, 4) is 5.69 Å². The molecule has 0 radical (unpaired) electrons. The van der Waals surface area contributed by atoms with Crippen LogP contribution >= 0.6 is 0 Å². The molecule has 0 aliphatic rings. The van der Waals surface area contributed by atoms with E-state index in [1.54, 1.807) is 39.8 Å². The maximum Gasteiger partial charge on any atom is 0.408 e. The highest BCUT2D eigenvalue weighted by atomic mass is 16.6. The van der Waals surface area contributed by atoms with Gasteiger partial charge in [0.25, 0.3) is 0 Å². The van der Waals surface area contributed by atoms with Crippen LogP contribution in [0.2, 0.25) is 0 Å². The molecule has 0 spiro atoms. The number of pyridine rings is 1. The number of hydrogen-bond donors (Lipinski definition) is 3. The highest BCUT2D eigenvalue weighted by molar-refractivity contribution is 5.96. The third-order valence-corrected chi connectivity index (χ3v) is 4.40. The lowest BCUT2D eigenvalue weighted by Gasteiger charge is -2.21. The predicted molar refractivity (Wildman–Crippen MR) is 118 cm³/mol. The number of alkyl carbamates (subject to hydrolysis) is 1. The molecule has 30 heavy (non-hydrogen) atoms. The SMILES string of the molecule is Cc1cccc2ccn(-c3cc(N)nc(NC(=O)C(C)NC(=O)OC(C)(C)C)c3)c12. The summed E-state index contributed by atoms with van der Waals surface area (Å²) >= 11 is 0. The first-order valence-corrected chi connectivity index (χ1v) is 9.68. The number of nitrogens with zero attached hydrogens (tertiary/aromatic N) is 2. The molecule has 4 N–H and O–H groups in total. The average molecular weight is 409 g/mol. The Bertz CT molecular complexity index is 1100. The number of nitrogens with two attached hydrogens (primary N) is 1. The fourth-order valence-electron chi connectivity index (χ4n) is 3.11. The molecule has 0 aliphatic carbocycles. The molecule has 1 unspecified atom stereocenters. The zero-order valence-electron chi connectivity index (χ0n) is 17.8. The monoisotopic (exact) mass is 409 g/mol. The maximum absolute atomic E-state index is 12.5. The van der Waals surface area contributed by atoms with E-state index in [0.717, 1.165) is 22.2 Å². The number of nitrogen functional groups attached to an aromatic ring is 1. The normalized spacial score (nSPS) is 12.4. The second-order valence-corrected chi connectivity index (χ2v) is 8.19. The number of anilines is 2. The minimum absolute atomic E-state index is 0.269. The van der Waals surface area contributed by atoms with E-state index in [1.807, 2.05) is 42.0 Å². The van der Waals surface area contributed by atoms with Crippen LogP contribution < -0.4 is 16.4 Å². The van der Waals surface area contributed by atoms with Crippen LogP contribution in [0.1, 0.15) is 33.3 Å². The highest BCUT2D eigenvalue weighted by Gasteiger charge is 2.21. The van der Waals surface area contributed by atoms with Gasteiger partial charge in [0.1, 0.15) is 23.3 Å². The Labute approximate surface area is 175 Å². The summed E-state index contributed by atoms with van der Waals surface area (Å²) in [6.07, 6.45) is 1.28. The molecule has 158 valence electrons. The fraction of sp³-hybridized carbons (Fsp3) is 0.318. The number of para-hydroxylation sites is 1. The Morgan fingerprint density at radius 1 is 1.20 bits per heavy atom. The summed E-state index contributed by atoms with van der Waals surface area (Å²) in [5.74, 6) is 0.132. The van der Waals surface area contributed by atoms with Crippen LogP contribution in [0.3, 0.4) is 0 Å². The van der Waals surface area contributed by atoms with Crippen LogP contribution in [0.25, 0.3) is 16.6 Å². The molecule has 1 atom stereocenters. The molecular weight excluding hydrogens is 382 g/mol. The Hall–Kier alpha value is -3.55. The van der Waals surface area contributed by atoms with Crippen LogP contribution in [0.4, 0.5) is 16.4 Å². The van der Waals surface area contributed by atoms with Gasteiger partial charge in [0.05, 0.1) is 11.2 Å². The third-order valence-electron chi connectivity index (χ3n) is 4.40. The molecule has 8 nitrogen and oxygen atoms in total. The van der Waals surface area contributed by atoms with Gasteiger partial charge >= 0.3 is 6.09 Å². The van der Waals surface area contributed by atoms with Crippen LogP contribution in [0, 0.1) is 6.92 Å². The predicted octanol–water partition coefficient (Wildman–Crippen LogP) is 3.77. The summed E-state index contributed by atoms with van der Waals surface area (Å²) in [4.78, 5) is 28.6. The molecule has 2 amide bonds. The van der Waals surface area contributed by atoms with Crippen molar-refractivity contribution in [2.45, 2.75) is 46.3 Å². The van der Waals surface area contributed by atoms with Gasteiger partial charge in [-0.1, -0.05) is 18.2 Å². The van der Waals surface area contributed by atoms with E-state index in [4.69, 9.17) is 10.5 Å². The number of amides is 2. The lowest BCUT2D eigenvalue weighted by Crippen LogP contribution is -2.44. The number of benzene rings is 1. The van der Waals surface area contributed by atoms with E-state index in [1.165, 1.54) is 0 Å². The van der Waals surface area contributed by atoms with Gasteiger partial charge in [-0.3, -0.25) is 4.79 Å². The van der Waals surface area contributed by atoms with E-state index in [9.17, 15) is 9.59 Å². The molecule has 2 aromatic heterocycles. The molecule has 2 heterocycles. The number of aromatic nitrogens is 2. The molecule has 3 aromatic rings. The minimum Gasteiger partial charge on any atom is -0.444 e. The highest BCUT2D eigenvalue weighted by Crippen LogP contribution is 2.25. The summed E-state index contributed by atoms with van der Waals surface area (Å²) in [6, 6.07) is 10.8. The van der Waals surface area contributed by atoms with Crippen molar-refractivity contribution in [2.75, 3.05) is 11.1 Å². The number of carbonyl (C=O) groups is 2. The molecule has 0 fully saturated rings. The first-order chi connectivity index (χ1) is 14.0. The molecule has 0 aliphatic heterocycles. The summed E-state index contributed by atoms with van der Waals surface area (Å²) in [6.45, 7) is 8.86. The number of carbonyl (C=O) groups excluding carboxylic acids is 2. The number of fused-ring (bicyclic) bond motifs is 1. The average Bonchev–Trinajstić information content (AvgIpc) is 3.05. The Kier molecular flexibility index (Phi) is 5.69. The first kappa shape index (κ1) is 21.2. The molecule has 0 saturated heterocycles. The smallest absolute Gasteiger partial charge is 0.408 e. The van der Waals surface area contributed by atoms with Crippen molar-refractivity contribution in [1.82, 2.24) is 14.9 Å². The number of nitrogens with one attached hydrogen (secondary N) is 2. The molecule has 8 heteroatoms. The molecule has 1 aromatic carbocycles. The van der Waals surface area contributed by atoms with Gasteiger partial charge in [-0.05, 0) is 46.2 Å². The number of hydrogen-bond acceptors (Lipinski definition) is 5. The topological polar surface area (TPSA) is 111 Å². The second kappa shape index (κ2) is 8.06. The van der Waals surface area contributed by atoms with Crippen molar-refractivity contribution in [3.63, 3.8) is 0 Å². The van der Waals surface area contributed by atoms with Gasteiger partial charge in [-0.2, -0.15) is 0 Å². The van der Waals surface area contributed by atoms with E-state index >= 15 is 0 Å². The van der Waals surface area contributed by atoms with Crippen molar-refractivity contribution in [2.24, 2.45) is 0 Å². The molecule has 3 rings (SSSR count). The second-order valence-electron chi connectivity index (χ2n) is 8.19. The van der Waals surface area contributed by atoms with Crippen LogP contribution in [0.15, 0.2) is 42.6 Å². The fourth-order valence-corrected chi connectivity index (χ4v) is 3.11. The van der Waals surface area contributed by atoms with Crippen molar-refractivity contribution in [1.29, 1.82) is 0 Å².